The van der Waals surface area contributed by atoms with Gasteiger partial charge in [0.2, 0.25) is 5.91 Å². The summed E-state index contributed by atoms with van der Waals surface area (Å²) in [5.74, 6) is -0.684. The standard InChI is InChI=1S/C21H18BrFN2O3S/c1-15(26)24-19-8-10-21(11-9-19)29(27,28)25(20-7-3-5-17(22)13-20)14-16-4-2-6-18(23)12-16/h2-13H,14H2,1H3,(H,24,26). The van der Waals surface area contributed by atoms with E-state index in [1.165, 1.54) is 47.6 Å². The lowest BCUT2D eigenvalue weighted by atomic mass is 10.2. The molecule has 0 atom stereocenters. The SMILES string of the molecule is CC(=O)Nc1ccc(S(=O)(=O)N(Cc2cccc(F)c2)c2cccc(Br)c2)cc1. The van der Waals surface area contributed by atoms with E-state index >= 15 is 0 Å². The van der Waals surface area contributed by atoms with Gasteiger partial charge in [-0.1, -0.05) is 34.1 Å². The molecular weight excluding hydrogens is 459 g/mol. The van der Waals surface area contributed by atoms with Gasteiger partial charge in [0, 0.05) is 17.1 Å². The molecule has 0 radical (unpaired) electrons. The van der Waals surface area contributed by atoms with E-state index in [-0.39, 0.29) is 17.3 Å². The number of nitrogens with one attached hydrogen (secondary N) is 1. The highest BCUT2D eigenvalue weighted by Gasteiger charge is 2.25. The van der Waals surface area contributed by atoms with Crippen LogP contribution in [-0.2, 0) is 21.4 Å². The number of sulfonamides is 1. The first-order valence-electron chi connectivity index (χ1n) is 8.66. The maximum atomic E-state index is 13.6. The lowest BCUT2D eigenvalue weighted by Gasteiger charge is -2.25. The number of hydrogen-bond acceptors (Lipinski definition) is 3. The lowest BCUT2D eigenvalue weighted by molar-refractivity contribution is -0.114. The molecule has 1 amide bonds. The molecule has 3 aromatic rings. The zero-order valence-electron chi connectivity index (χ0n) is 15.5. The summed E-state index contributed by atoms with van der Waals surface area (Å²) in [5, 5.41) is 2.60. The van der Waals surface area contributed by atoms with Crippen molar-refractivity contribution in [1.82, 2.24) is 0 Å². The van der Waals surface area contributed by atoms with Crippen molar-refractivity contribution in [2.75, 3.05) is 9.62 Å². The Kier molecular flexibility index (Phi) is 6.34. The van der Waals surface area contributed by atoms with Crippen LogP contribution in [0.15, 0.2) is 82.2 Å². The molecule has 29 heavy (non-hydrogen) atoms. The number of carbonyl (C=O) groups is 1. The van der Waals surface area contributed by atoms with Gasteiger partial charge in [0.05, 0.1) is 17.1 Å². The molecule has 0 aromatic heterocycles. The van der Waals surface area contributed by atoms with E-state index in [0.717, 1.165) is 4.47 Å². The molecule has 0 saturated heterocycles. The van der Waals surface area contributed by atoms with E-state index in [4.69, 9.17) is 0 Å². The van der Waals surface area contributed by atoms with Gasteiger partial charge >= 0.3 is 0 Å². The topological polar surface area (TPSA) is 66.5 Å². The smallest absolute Gasteiger partial charge is 0.264 e. The van der Waals surface area contributed by atoms with Crippen LogP contribution in [0.3, 0.4) is 0 Å². The summed E-state index contributed by atoms with van der Waals surface area (Å²) in [6, 6.07) is 18.6. The van der Waals surface area contributed by atoms with Gasteiger partial charge in [-0.2, -0.15) is 0 Å². The van der Waals surface area contributed by atoms with Crippen molar-refractivity contribution in [3.63, 3.8) is 0 Å². The Bertz CT molecular complexity index is 1130. The van der Waals surface area contributed by atoms with Crippen LogP contribution in [-0.4, -0.2) is 14.3 Å². The van der Waals surface area contributed by atoms with Crippen molar-refractivity contribution in [2.45, 2.75) is 18.4 Å². The molecule has 8 heteroatoms. The summed E-state index contributed by atoms with van der Waals surface area (Å²) < 4.78 is 42.4. The quantitative estimate of drug-likeness (QED) is 0.547. The molecule has 150 valence electrons. The predicted molar refractivity (Wildman–Crippen MR) is 115 cm³/mol. The Labute approximate surface area is 177 Å². The molecular formula is C21H18BrFN2O3S. The van der Waals surface area contributed by atoms with Gasteiger partial charge in [-0.3, -0.25) is 9.10 Å². The molecule has 0 spiro atoms. The van der Waals surface area contributed by atoms with E-state index in [0.29, 0.717) is 16.9 Å². The number of carbonyl (C=O) groups excluding carboxylic acids is 1. The molecule has 0 heterocycles. The molecule has 0 aliphatic heterocycles. The highest BCUT2D eigenvalue weighted by Crippen LogP contribution is 2.29. The molecule has 3 aromatic carbocycles. The first kappa shape index (κ1) is 21.0. The number of hydrogen-bond donors (Lipinski definition) is 1. The number of amides is 1. The fourth-order valence-electron chi connectivity index (χ4n) is 2.79. The fourth-order valence-corrected chi connectivity index (χ4v) is 4.62. The van der Waals surface area contributed by atoms with Crippen LogP contribution in [0.4, 0.5) is 15.8 Å². The Balaban J connectivity index is 2.03. The second-order valence-electron chi connectivity index (χ2n) is 6.33. The monoisotopic (exact) mass is 476 g/mol. The number of rotatable bonds is 6. The molecule has 0 aliphatic carbocycles. The third kappa shape index (κ3) is 5.21. The van der Waals surface area contributed by atoms with Gasteiger partial charge in [-0.25, -0.2) is 12.8 Å². The van der Waals surface area contributed by atoms with Crippen LogP contribution in [0.25, 0.3) is 0 Å². The van der Waals surface area contributed by atoms with Crippen molar-refractivity contribution >= 4 is 43.2 Å². The highest BCUT2D eigenvalue weighted by molar-refractivity contribution is 9.10. The number of nitrogens with zero attached hydrogens (tertiary/aromatic N) is 1. The van der Waals surface area contributed by atoms with Crippen LogP contribution in [0.5, 0.6) is 0 Å². The van der Waals surface area contributed by atoms with E-state index in [1.807, 2.05) is 0 Å². The Morgan fingerprint density at radius 2 is 1.72 bits per heavy atom. The first-order valence-corrected chi connectivity index (χ1v) is 10.9. The molecule has 3 rings (SSSR count). The van der Waals surface area contributed by atoms with Crippen LogP contribution in [0, 0.1) is 5.82 Å². The Hall–Kier alpha value is -2.71. The highest BCUT2D eigenvalue weighted by atomic mass is 79.9. The van der Waals surface area contributed by atoms with Crippen molar-refractivity contribution in [3.05, 3.63) is 88.6 Å². The fraction of sp³-hybridized carbons (Fsp3) is 0.0952. The summed E-state index contributed by atoms with van der Waals surface area (Å²) >= 11 is 3.36. The minimum absolute atomic E-state index is 0.0377. The van der Waals surface area contributed by atoms with Gasteiger partial charge in [0.15, 0.2) is 0 Å². The van der Waals surface area contributed by atoms with Gasteiger partial charge in [0.1, 0.15) is 5.82 Å². The normalized spacial score (nSPS) is 11.1. The van der Waals surface area contributed by atoms with Crippen molar-refractivity contribution in [1.29, 1.82) is 0 Å². The van der Waals surface area contributed by atoms with Gasteiger partial charge in [0.25, 0.3) is 10.0 Å². The second kappa shape index (κ2) is 8.75. The van der Waals surface area contributed by atoms with Gasteiger partial charge in [-0.15, -0.1) is 0 Å². The lowest BCUT2D eigenvalue weighted by Crippen LogP contribution is -2.30. The van der Waals surface area contributed by atoms with Gasteiger partial charge < -0.3 is 5.32 Å². The first-order chi connectivity index (χ1) is 13.8. The zero-order valence-corrected chi connectivity index (χ0v) is 17.9. The average molecular weight is 477 g/mol. The number of anilines is 2. The van der Waals surface area contributed by atoms with Crippen LogP contribution in [0.1, 0.15) is 12.5 Å². The maximum absolute atomic E-state index is 13.6. The largest absolute Gasteiger partial charge is 0.326 e. The third-order valence-corrected chi connectivity index (χ3v) is 6.36. The van der Waals surface area contributed by atoms with Crippen LogP contribution in [0.2, 0.25) is 0 Å². The minimum atomic E-state index is -3.95. The van der Waals surface area contributed by atoms with Crippen molar-refractivity contribution in [2.24, 2.45) is 0 Å². The molecule has 1 N–H and O–H groups in total. The average Bonchev–Trinajstić information content (AvgIpc) is 2.66. The van der Waals surface area contributed by atoms with E-state index < -0.39 is 15.8 Å². The molecule has 0 unspecified atom stereocenters. The number of benzene rings is 3. The summed E-state index contributed by atoms with van der Waals surface area (Å²) in [4.78, 5) is 11.2. The summed E-state index contributed by atoms with van der Waals surface area (Å²) in [5.41, 5.74) is 1.45. The molecule has 0 bridgehead atoms. The minimum Gasteiger partial charge on any atom is -0.326 e. The molecule has 0 saturated carbocycles. The summed E-state index contributed by atoms with van der Waals surface area (Å²) in [6.07, 6.45) is 0. The van der Waals surface area contributed by atoms with E-state index in [2.05, 4.69) is 21.2 Å². The second-order valence-corrected chi connectivity index (χ2v) is 9.11. The summed E-state index contributed by atoms with van der Waals surface area (Å²) in [7, 11) is -3.95. The number of halogens is 2. The van der Waals surface area contributed by atoms with Crippen molar-refractivity contribution in [3.8, 4) is 0 Å². The van der Waals surface area contributed by atoms with E-state index in [9.17, 15) is 17.6 Å². The van der Waals surface area contributed by atoms with Crippen LogP contribution >= 0.6 is 15.9 Å². The Morgan fingerprint density at radius 1 is 1.03 bits per heavy atom. The van der Waals surface area contributed by atoms with Crippen LogP contribution < -0.4 is 9.62 Å². The van der Waals surface area contributed by atoms with E-state index in [1.54, 1.807) is 36.4 Å². The predicted octanol–water partition coefficient (Wildman–Crippen LogP) is 4.94. The van der Waals surface area contributed by atoms with Crippen molar-refractivity contribution < 1.29 is 17.6 Å². The molecule has 0 fully saturated rings. The molecule has 5 nitrogen and oxygen atoms in total. The molecule has 0 aliphatic rings. The summed E-state index contributed by atoms with van der Waals surface area (Å²) in [6.45, 7) is 1.34. The third-order valence-electron chi connectivity index (χ3n) is 4.07. The maximum Gasteiger partial charge on any atom is 0.264 e. The zero-order chi connectivity index (χ0) is 21.0. The van der Waals surface area contributed by atoms with Gasteiger partial charge in [-0.05, 0) is 60.2 Å². The Morgan fingerprint density at radius 3 is 2.34 bits per heavy atom.